The molecule has 7 nitrogen and oxygen atoms in total. The predicted octanol–water partition coefficient (Wildman–Crippen LogP) is 3.46. The molecule has 1 amide bonds. The molecule has 2 aromatic heterocycles. The first-order valence-corrected chi connectivity index (χ1v) is 10.0. The molecular formula is C23H21FN4O3. The van der Waals surface area contributed by atoms with Crippen molar-refractivity contribution in [1.29, 1.82) is 0 Å². The maximum Gasteiger partial charge on any atom is 0.299 e. The first-order chi connectivity index (χ1) is 15.1. The number of aryl methyl sites for hydroxylation is 2. The lowest BCUT2D eigenvalue weighted by Crippen LogP contribution is -2.27. The van der Waals surface area contributed by atoms with Gasteiger partial charge in [-0.3, -0.25) is 14.2 Å². The van der Waals surface area contributed by atoms with Crippen molar-refractivity contribution in [2.75, 3.05) is 0 Å². The minimum Gasteiger partial charge on any atom is -0.352 e. The number of hydrogen-bond acceptors (Lipinski definition) is 5. The molecule has 0 unspecified atom stereocenters. The van der Waals surface area contributed by atoms with Crippen LogP contribution in [0.1, 0.15) is 24.5 Å². The van der Waals surface area contributed by atoms with Gasteiger partial charge in [0.25, 0.3) is 11.1 Å². The van der Waals surface area contributed by atoms with Crippen molar-refractivity contribution in [2.45, 2.75) is 32.9 Å². The molecule has 0 saturated heterocycles. The van der Waals surface area contributed by atoms with Gasteiger partial charge >= 0.3 is 0 Å². The molecule has 4 rings (SSSR count). The molecule has 0 aliphatic carbocycles. The second-order valence-corrected chi connectivity index (χ2v) is 7.12. The summed E-state index contributed by atoms with van der Waals surface area (Å²) in [6.45, 7) is 2.27. The van der Waals surface area contributed by atoms with Gasteiger partial charge in [-0.1, -0.05) is 54.5 Å². The number of aromatic nitrogens is 3. The van der Waals surface area contributed by atoms with E-state index in [1.165, 1.54) is 22.5 Å². The molecule has 0 aliphatic rings. The van der Waals surface area contributed by atoms with Crippen molar-refractivity contribution in [3.63, 3.8) is 0 Å². The summed E-state index contributed by atoms with van der Waals surface area (Å²) in [5.74, 6) is -0.677. The van der Waals surface area contributed by atoms with Crippen LogP contribution >= 0.6 is 0 Å². The van der Waals surface area contributed by atoms with E-state index < -0.39 is 5.56 Å². The van der Waals surface area contributed by atoms with Gasteiger partial charge < -0.3 is 9.84 Å². The van der Waals surface area contributed by atoms with Gasteiger partial charge in [-0.2, -0.15) is 0 Å². The summed E-state index contributed by atoms with van der Waals surface area (Å²) in [5.41, 5.74) is 2.93. The van der Waals surface area contributed by atoms with Gasteiger partial charge in [-0.25, -0.2) is 9.37 Å². The summed E-state index contributed by atoms with van der Waals surface area (Å²) in [6, 6.07) is 14.1. The van der Waals surface area contributed by atoms with Crippen LogP contribution in [0.2, 0.25) is 0 Å². The van der Waals surface area contributed by atoms with Crippen LogP contribution in [0.25, 0.3) is 22.4 Å². The van der Waals surface area contributed by atoms with Crippen LogP contribution in [0.3, 0.4) is 0 Å². The fourth-order valence-electron chi connectivity index (χ4n) is 3.25. The van der Waals surface area contributed by atoms with Crippen LogP contribution < -0.4 is 10.9 Å². The van der Waals surface area contributed by atoms with Crippen LogP contribution in [-0.2, 0) is 24.3 Å². The Bertz CT molecular complexity index is 1280. The number of nitrogens with one attached hydrogen (secondary N) is 1. The standard InChI is InChI=1S/C23H21FN4O3/c1-2-15-7-9-16(10-8-15)20-21-22(31-27-20)23(30)28(14-26-21)12-11-19(29)25-13-17-5-3-4-6-18(17)24/h3-10,14H,2,11-13H2,1H3,(H,25,29). The van der Waals surface area contributed by atoms with Crippen LogP contribution in [0, 0.1) is 5.82 Å². The van der Waals surface area contributed by atoms with Gasteiger partial charge in [-0.05, 0) is 18.1 Å². The summed E-state index contributed by atoms with van der Waals surface area (Å²) in [6.07, 6.45) is 2.35. The minimum atomic E-state index is -0.407. The van der Waals surface area contributed by atoms with Crippen molar-refractivity contribution in [3.8, 4) is 11.3 Å². The number of nitrogens with zero attached hydrogens (tertiary/aromatic N) is 3. The summed E-state index contributed by atoms with van der Waals surface area (Å²) in [5, 5.41) is 6.67. The summed E-state index contributed by atoms with van der Waals surface area (Å²) < 4.78 is 20.2. The van der Waals surface area contributed by atoms with Crippen molar-refractivity contribution >= 4 is 17.0 Å². The van der Waals surface area contributed by atoms with Crippen LogP contribution in [0.4, 0.5) is 4.39 Å². The highest BCUT2D eigenvalue weighted by Gasteiger charge is 2.17. The molecule has 0 bridgehead atoms. The number of amides is 1. The highest BCUT2D eigenvalue weighted by atomic mass is 19.1. The highest BCUT2D eigenvalue weighted by Crippen LogP contribution is 2.24. The SMILES string of the molecule is CCc1ccc(-c2noc3c(=O)n(CCC(=O)NCc4ccccc4F)cnc23)cc1. The lowest BCUT2D eigenvalue weighted by atomic mass is 10.1. The van der Waals surface area contributed by atoms with Gasteiger partial charge in [0.2, 0.25) is 5.91 Å². The molecule has 0 atom stereocenters. The number of carbonyl (C=O) groups excluding carboxylic acids is 1. The molecular weight excluding hydrogens is 399 g/mol. The van der Waals surface area contributed by atoms with Crippen LogP contribution in [0.15, 0.2) is 64.2 Å². The Kier molecular flexibility index (Phi) is 5.88. The van der Waals surface area contributed by atoms with Crippen molar-refractivity contribution in [1.82, 2.24) is 20.0 Å². The Hall–Kier alpha value is -3.81. The summed E-state index contributed by atoms with van der Waals surface area (Å²) >= 11 is 0. The quantitative estimate of drug-likeness (QED) is 0.495. The number of halogens is 1. The number of rotatable bonds is 7. The van der Waals surface area contributed by atoms with Crippen LogP contribution in [-0.4, -0.2) is 20.6 Å². The Morgan fingerprint density at radius 3 is 2.68 bits per heavy atom. The molecule has 1 N–H and O–H groups in total. The Morgan fingerprint density at radius 1 is 1.16 bits per heavy atom. The molecule has 0 saturated carbocycles. The zero-order valence-electron chi connectivity index (χ0n) is 17.0. The smallest absolute Gasteiger partial charge is 0.299 e. The van der Waals surface area contributed by atoms with Crippen LogP contribution in [0.5, 0.6) is 0 Å². The van der Waals surface area contributed by atoms with Crippen molar-refractivity contribution < 1.29 is 13.7 Å². The maximum absolute atomic E-state index is 13.6. The normalized spacial score (nSPS) is 11.0. The zero-order valence-corrected chi connectivity index (χ0v) is 17.0. The van der Waals surface area contributed by atoms with E-state index >= 15 is 0 Å². The van der Waals surface area contributed by atoms with E-state index in [4.69, 9.17) is 4.52 Å². The van der Waals surface area contributed by atoms with E-state index in [-0.39, 0.29) is 36.8 Å². The highest BCUT2D eigenvalue weighted by molar-refractivity contribution is 5.87. The Labute approximate surface area is 177 Å². The third-order valence-corrected chi connectivity index (χ3v) is 5.10. The molecule has 0 aliphatic heterocycles. The first-order valence-electron chi connectivity index (χ1n) is 10.0. The molecule has 8 heteroatoms. The number of carbonyl (C=O) groups is 1. The van der Waals surface area contributed by atoms with E-state index in [0.29, 0.717) is 16.8 Å². The van der Waals surface area contributed by atoms with Gasteiger partial charge in [0.15, 0.2) is 0 Å². The topological polar surface area (TPSA) is 90.0 Å². The van der Waals surface area contributed by atoms with Gasteiger partial charge in [0.1, 0.15) is 17.0 Å². The summed E-state index contributed by atoms with van der Waals surface area (Å²) in [7, 11) is 0. The molecule has 158 valence electrons. The Balaban J connectivity index is 1.45. The zero-order chi connectivity index (χ0) is 21.8. The van der Waals surface area contributed by atoms with E-state index in [2.05, 4.69) is 22.4 Å². The first kappa shape index (κ1) is 20.5. The van der Waals surface area contributed by atoms with E-state index in [1.54, 1.807) is 18.2 Å². The lowest BCUT2D eigenvalue weighted by Gasteiger charge is -2.07. The number of hydrogen-bond donors (Lipinski definition) is 1. The van der Waals surface area contributed by atoms with Gasteiger partial charge in [-0.15, -0.1) is 0 Å². The second kappa shape index (κ2) is 8.91. The average Bonchev–Trinajstić information content (AvgIpc) is 3.23. The molecule has 4 aromatic rings. The molecule has 2 aromatic carbocycles. The Morgan fingerprint density at radius 2 is 1.94 bits per heavy atom. The number of benzene rings is 2. The van der Waals surface area contributed by atoms with E-state index in [0.717, 1.165) is 12.0 Å². The molecule has 0 fully saturated rings. The second-order valence-electron chi connectivity index (χ2n) is 7.12. The average molecular weight is 420 g/mol. The predicted molar refractivity (Wildman–Crippen MR) is 114 cm³/mol. The molecule has 0 radical (unpaired) electrons. The lowest BCUT2D eigenvalue weighted by molar-refractivity contribution is -0.121. The van der Waals surface area contributed by atoms with E-state index in [1.807, 2.05) is 24.3 Å². The van der Waals surface area contributed by atoms with E-state index in [9.17, 15) is 14.0 Å². The fraction of sp³-hybridized carbons (Fsp3) is 0.217. The molecule has 0 spiro atoms. The third kappa shape index (κ3) is 4.37. The maximum atomic E-state index is 13.6. The minimum absolute atomic E-state index is 0.0427. The monoisotopic (exact) mass is 420 g/mol. The summed E-state index contributed by atoms with van der Waals surface area (Å²) in [4.78, 5) is 29.2. The van der Waals surface area contributed by atoms with Gasteiger partial charge in [0, 0.05) is 30.6 Å². The molecule has 31 heavy (non-hydrogen) atoms. The molecule has 2 heterocycles. The largest absolute Gasteiger partial charge is 0.352 e. The third-order valence-electron chi connectivity index (χ3n) is 5.10. The van der Waals surface area contributed by atoms with Crippen molar-refractivity contribution in [2.24, 2.45) is 0 Å². The number of fused-ring (bicyclic) bond motifs is 1. The fourth-order valence-corrected chi connectivity index (χ4v) is 3.25. The van der Waals surface area contributed by atoms with Gasteiger partial charge in [0.05, 0.1) is 6.33 Å². The van der Waals surface area contributed by atoms with Crippen molar-refractivity contribution in [3.05, 3.63) is 82.2 Å².